The van der Waals surface area contributed by atoms with Crippen molar-refractivity contribution in [3.8, 4) is 0 Å². The molecular formula is C12H19N3S. The largest absolute Gasteiger partial charge is 0.387 e. The lowest BCUT2D eigenvalue weighted by molar-refractivity contribution is 0.647. The van der Waals surface area contributed by atoms with E-state index in [1.807, 2.05) is 19.4 Å². The third-order valence-electron chi connectivity index (χ3n) is 2.80. The van der Waals surface area contributed by atoms with Crippen LogP contribution in [-0.2, 0) is 0 Å². The van der Waals surface area contributed by atoms with Crippen molar-refractivity contribution >= 4 is 23.1 Å². The molecule has 1 aromatic heterocycles. The van der Waals surface area contributed by atoms with Gasteiger partial charge in [-0.15, -0.1) is 0 Å². The van der Waals surface area contributed by atoms with Gasteiger partial charge in [-0.2, -0.15) is 11.8 Å². The minimum absolute atomic E-state index is 0.341. The van der Waals surface area contributed by atoms with Gasteiger partial charge in [0.15, 0.2) is 0 Å². The third-order valence-corrected chi connectivity index (χ3v) is 4.10. The van der Waals surface area contributed by atoms with Gasteiger partial charge in [-0.1, -0.05) is 0 Å². The highest BCUT2D eigenvalue weighted by Crippen LogP contribution is 2.32. The summed E-state index contributed by atoms with van der Waals surface area (Å²) in [5, 5.41) is 3.13. The van der Waals surface area contributed by atoms with Crippen molar-refractivity contribution in [2.45, 2.75) is 18.6 Å². The summed E-state index contributed by atoms with van der Waals surface area (Å²) in [5.74, 6) is 1.19. The van der Waals surface area contributed by atoms with Crippen LogP contribution in [0.2, 0.25) is 0 Å². The predicted octanol–water partition coefficient (Wildman–Crippen LogP) is 2.46. The Balaban J connectivity index is 2.16. The number of aromatic nitrogens is 1. The highest BCUT2D eigenvalue weighted by atomic mass is 32.2. The topological polar surface area (TPSA) is 28.2 Å². The molecule has 0 aromatic carbocycles. The molecule has 0 unspecified atom stereocenters. The molecule has 2 rings (SSSR count). The monoisotopic (exact) mass is 237 g/mol. The molecule has 4 heteroatoms. The van der Waals surface area contributed by atoms with Crippen LogP contribution in [0.25, 0.3) is 0 Å². The summed E-state index contributed by atoms with van der Waals surface area (Å²) >= 11 is 2.05. The third kappa shape index (κ3) is 2.61. The lowest BCUT2D eigenvalue weighted by Crippen LogP contribution is -2.43. The fourth-order valence-corrected chi connectivity index (χ4v) is 3.09. The summed E-state index contributed by atoms with van der Waals surface area (Å²) in [6.45, 7) is 6.81. The number of nitrogens with zero attached hydrogens (tertiary/aromatic N) is 2. The molecule has 0 bridgehead atoms. The lowest BCUT2D eigenvalue weighted by Gasteiger charge is -2.38. The second kappa shape index (κ2) is 4.53. The number of rotatable bonds is 2. The minimum Gasteiger partial charge on any atom is -0.387 e. The molecule has 1 fully saturated rings. The first-order valence-electron chi connectivity index (χ1n) is 5.62. The number of pyridine rings is 1. The average molecular weight is 237 g/mol. The second-order valence-electron chi connectivity index (χ2n) is 4.71. The molecule has 3 nitrogen and oxygen atoms in total. The van der Waals surface area contributed by atoms with E-state index < -0.39 is 0 Å². The van der Waals surface area contributed by atoms with Gasteiger partial charge in [-0.05, 0) is 19.9 Å². The molecule has 0 atom stereocenters. The van der Waals surface area contributed by atoms with Gasteiger partial charge in [-0.3, -0.25) is 4.98 Å². The molecule has 0 radical (unpaired) electrons. The first-order chi connectivity index (χ1) is 7.61. The zero-order valence-corrected chi connectivity index (χ0v) is 11.0. The van der Waals surface area contributed by atoms with E-state index in [2.05, 4.69) is 46.9 Å². The van der Waals surface area contributed by atoms with E-state index >= 15 is 0 Å². The summed E-state index contributed by atoms with van der Waals surface area (Å²) < 4.78 is 0.341. The van der Waals surface area contributed by atoms with Crippen LogP contribution in [0.5, 0.6) is 0 Å². The second-order valence-corrected chi connectivity index (χ2v) is 6.51. The van der Waals surface area contributed by atoms with Crippen LogP contribution >= 0.6 is 11.8 Å². The van der Waals surface area contributed by atoms with Crippen LogP contribution in [0.1, 0.15) is 13.8 Å². The van der Waals surface area contributed by atoms with Crippen LogP contribution in [0, 0.1) is 0 Å². The van der Waals surface area contributed by atoms with Gasteiger partial charge in [0.1, 0.15) is 0 Å². The molecule has 1 saturated heterocycles. The van der Waals surface area contributed by atoms with Crippen LogP contribution in [0.4, 0.5) is 11.4 Å². The van der Waals surface area contributed by atoms with E-state index in [0.717, 1.165) is 18.8 Å². The molecule has 1 aliphatic heterocycles. The first kappa shape index (κ1) is 11.6. The Morgan fingerprint density at radius 2 is 2.25 bits per heavy atom. The maximum Gasteiger partial charge on any atom is 0.0574 e. The van der Waals surface area contributed by atoms with Crippen molar-refractivity contribution in [3.05, 3.63) is 18.5 Å². The SMILES string of the molecule is CNc1cncc(N2CCSC(C)(C)C2)c1. The highest BCUT2D eigenvalue weighted by molar-refractivity contribution is 8.00. The zero-order valence-electron chi connectivity index (χ0n) is 10.2. The molecule has 0 amide bonds. The number of nitrogens with one attached hydrogen (secondary N) is 1. The molecule has 1 N–H and O–H groups in total. The lowest BCUT2D eigenvalue weighted by atomic mass is 10.1. The molecule has 88 valence electrons. The van der Waals surface area contributed by atoms with E-state index in [4.69, 9.17) is 0 Å². The van der Waals surface area contributed by atoms with E-state index in [1.54, 1.807) is 0 Å². The highest BCUT2D eigenvalue weighted by Gasteiger charge is 2.27. The molecule has 2 heterocycles. The van der Waals surface area contributed by atoms with Gasteiger partial charge in [0.25, 0.3) is 0 Å². The van der Waals surface area contributed by atoms with E-state index in [0.29, 0.717) is 4.75 Å². The normalized spacial score (nSPS) is 19.6. The first-order valence-corrected chi connectivity index (χ1v) is 6.61. The maximum absolute atomic E-state index is 4.27. The summed E-state index contributed by atoms with van der Waals surface area (Å²) in [6, 6.07) is 2.17. The Kier molecular flexibility index (Phi) is 3.28. The molecule has 0 spiro atoms. The van der Waals surface area contributed by atoms with Crippen LogP contribution in [0.3, 0.4) is 0 Å². The van der Waals surface area contributed by atoms with Gasteiger partial charge < -0.3 is 10.2 Å². The number of thioether (sulfide) groups is 1. The number of hydrogen-bond acceptors (Lipinski definition) is 4. The van der Waals surface area contributed by atoms with Crippen LogP contribution in [0.15, 0.2) is 18.5 Å². The Hall–Kier alpha value is -0.900. The minimum atomic E-state index is 0.341. The smallest absolute Gasteiger partial charge is 0.0574 e. The molecular weight excluding hydrogens is 218 g/mol. The Morgan fingerprint density at radius 3 is 2.94 bits per heavy atom. The fraction of sp³-hybridized carbons (Fsp3) is 0.583. The van der Waals surface area contributed by atoms with Gasteiger partial charge in [-0.25, -0.2) is 0 Å². The van der Waals surface area contributed by atoms with E-state index in [9.17, 15) is 0 Å². The number of hydrogen-bond donors (Lipinski definition) is 1. The summed E-state index contributed by atoms with van der Waals surface area (Å²) in [4.78, 5) is 6.69. The van der Waals surface area contributed by atoms with Gasteiger partial charge >= 0.3 is 0 Å². The summed E-state index contributed by atoms with van der Waals surface area (Å²) in [5.41, 5.74) is 2.30. The van der Waals surface area contributed by atoms with Crippen LogP contribution in [-0.4, -0.2) is 35.6 Å². The van der Waals surface area contributed by atoms with Crippen molar-refractivity contribution in [1.82, 2.24) is 4.98 Å². The van der Waals surface area contributed by atoms with Crippen molar-refractivity contribution in [2.24, 2.45) is 0 Å². The Bertz CT molecular complexity index is 365. The van der Waals surface area contributed by atoms with Crippen LogP contribution < -0.4 is 10.2 Å². The number of anilines is 2. The van der Waals surface area contributed by atoms with Crippen molar-refractivity contribution in [3.63, 3.8) is 0 Å². The van der Waals surface area contributed by atoms with Gasteiger partial charge in [0.05, 0.1) is 23.8 Å². The fourth-order valence-electron chi connectivity index (χ4n) is 1.97. The van der Waals surface area contributed by atoms with Gasteiger partial charge in [0, 0.05) is 30.6 Å². The maximum atomic E-state index is 4.27. The molecule has 16 heavy (non-hydrogen) atoms. The molecule has 1 aromatic rings. The van der Waals surface area contributed by atoms with Crippen molar-refractivity contribution < 1.29 is 0 Å². The molecule has 0 aliphatic carbocycles. The molecule has 0 saturated carbocycles. The average Bonchev–Trinajstić information content (AvgIpc) is 2.28. The molecule has 1 aliphatic rings. The Labute approximate surface area is 102 Å². The Morgan fingerprint density at radius 1 is 1.44 bits per heavy atom. The van der Waals surface area contributed by atoms with Crippen molar-refractivity contribution in [2.75, 3.05) is 36.1 Å². The summed E-state index contributed by atoms with van der Waals surface area (Å²) in [7, 11) is 1.93. The van der Waals surface area contributed by atoms with Crippen molar-refractivity contribution in [1.29, 1.82) is 0 Å². The quantitative estimate of drug-likeness (QED) is 0.855. The predicted molar refractivity (Wildman–Crippen MR) is 72.5 cm³/mol. The van der Waals surface area contributed by atoms with Gasteiger partial charge in [0.2, 0.25) is 0 Å². The zero-order chi connectivity index (χ0) is 11.6. The van der Waals surface area contributed by atoms with E-state index in [1.165, 1.54) is 11.4 Å². The van der Waals surface area contributed by atoms with E-state index in [-0.39, 0.29) is 0 Å². The summed E-state index contributed by atoms with van der Waals surface area (Å²) in [6.07, 6.45) is 3.81. The standard InChI is InChI=1S/C12H19N3S/c1-12(2)9-15(4-5-16-12)11-6-10(13-3)7-14-8-11/h6-8,13H,4-5,9H2,1-3H3.